The van der Waals surface area contributed by atoms with Crippen LogP contribution in [0.3, 0.4) is 0 Å². The van der Waals surface area contributed by atoms with Crippen molar-refractivity contribution in [1.82, 2.24) is 0 Å². The molecule has 4 rings (SSSR count). The van der Waals surface area contributed by atoms with Gasteiger partial charge in [0.05, 0.1) is 27.9 Å². The van der Waals surface area contributed by atoms with Crippen LogP contribution in [0.2, 0.25) is 10.0 Å². The number of phenolic OH excluding ortho intramolecular Hbond substituents is 1. The molecule has 12 heteroatoms. The summed E-state index contributed by atoms with van der Waals surface area (Å²) < 4.78 is 38.7. The summed E-state index contributed by atoms with van der Waals surface area (Å²) in [6, 6.07) is 16.1. The van der Waals surface area contributed by atoms with Crippen molar-refractivity contribution in [2.24, 2.45) is 10.2 Å². The van der Waals surface area contributed by atoms with Gasteiger partial charge in [-0.2, -0.15) is 8.42 Å². The Labute approximate surface area is 228 Å². The van der Waals surface area contributed by atoms with Gasteiger partial charge < -0.3 is 15.2 Å². The number of ether oxygens (including phenoxy) is 1. The molecule has 0 unspecified atom stereocenters. The Balaban J connectivity index is 1.81. The number of rotatable bonds is 7. The number of aryl methyl sites for hydroxylation is 1. The van der Waals surface area contributed by atoms with Gasteiger partial charge in [0.2, 0.25) is 0 Å². The molecule has 0 atom stereocenters. The number of carbonyl (C=O) groups excluding carboxylic acids is 1. The van der Waals surface area contributed by atoms with E-state index in [-0.39, 0.29) is 33.3 Å². The molecular formula is C26H21Cl2N3O6S. The smallest absolute Gasteiger partial charge is 0.296 e. The van der Waals surface area contributed by atoms with Crippen LogP contribution in [0.15, 0.2) is 75.8 Å². The fourth-order valence-corrected chi connectivity index (χ4v) is 5.40. The molecule has 0 spiro atoms. The molecule has 3 N–H and O–H groups in total. The van der Waals surface area contributed by atoms with Crippen molar-refractivity contribution < 1.29 is 27.6 Å². The Hall–Kier alpha value is -3.70. The highest BCUT2D eigenvalue weighted by Crippen LogP contribution is 2.42. The lowest BCUT2D eigenvalue weighted by Crippen LogP contribution is -2.13. The minimum absolute atomic E-state index is 0.0468. The predicted octanol–water partition coefficient (Wildman–Crippen LogP) is 7.47. The van der Waals surface area contributed by atoms with Crippen LogP contribution in [0, 0.1) is 6.92 Å². The van der Waals surface area contributed by atoms with Gasteiger partial charge >= 0.3 is 0 Å². The topological polar surface area (TPSA) is 138 Å². The largest absolute Gasteiger partial charge is 0.505 e. The number of amides is 1. The van der Waals surface area contributed by atoms with E-state index in [9.17, 15) is 22.9 Å². The van der Waals surface area contributed by atoms with Crippen LogP contribution >= 0.6 is 23.2 Å². The number of aromatic hydroxyl groups is 1. The molecule has 0 aliphatic rings. The first-order valence-corrected chi connectivity index (χ1v) is 13.4. The minimum atomic E-state index is -4.63. The molecule has 9 nitrogen and oxygen atoms in total. The number of azo groups is 1. The Bertz CT molecular complexity index is 1710. The van der Waals surface area contributed by atoms with E-state index in [0.717, 1.165) is 0 Å². The van der Waals surface area contributed by atoms with Gasteiger partial charge in [-0.1, -0.05) is 59.6 Å². The maximum Gasteiger partial charge on any atom is 0.296 e. The fraction of sp³-hybridized carbons (Fsp3) is 0.115. The van der Waals surface area contributed by atoms with Gasteiger partial charge in [-0.3, -0.25) is 9.35 Å². The van der Waals surface area contributed by atoms with Crippen LogP contribution in [0.25, 0.3) is 10.8 Å². The maximum absolute atomic E-state index is 13.3. The highest BCUT2D eigenvalue weighted by molar-refractivity contribution is 7.86. The molecule has 0 aliphatic heterocycles. The predicted molar refractivity (Wildman–Crippen MR) is 146 cm³/mol. The molecule has 0 aromatic heterocycles. The van der Waals surface area contributed by atoms with E-state index in [1.807, 2.05) is 0 Å². The van der Waals surface area contributed by atoms with E-state index in [1.54, 1.807) is 49.4 Å². The van der Waals surface area contributed by atoms with Crippen molar-refractivity contribution in [2.45, 2.75) is 18.7 Å². The zero-order chi connectivity index (χ0) is 27.6. The van der Waals surface area contributed by atoms with Crippen LogP contribution in [0.4, 0.5) is 17.1 Å². The highest BCUT2D eigenvalue weighted by Gasteiger charge is 2.22. The van der Waals surface area contributed by atoms with Crippen molar-refractivity contribution in [3.8, 4) is 11.5 Å². The van der Waals surface area contributed by atoms with Gasteiger partial charge in [0, 0.05) is 5.39 Å². The molecule has 0 heterocycles. The SMILES string of the molecule is CCOc1c(Cl)cccc1NC(=O)c1cc2ccccc2c(N=Nc2ccc(C)c(S(=O)(=O)O)c2Cl)c1O. The first-order chi connectivity index (χ1) is 18.0. The molecule has 0 saturated heterocycles. The summed E-state index contributed by atoms with van der Waals surface area (Å²) >= 11 is 12.4. The molecular weight excluding hydrogens is 553 g/mol. The van der Waals surface area contributed by atoms with E-state index in [0.29, 0.717) is 28.1 Å². The zero-order valence-electron chi connectivity index (χ0n) is 20.1. The lowest BCUT2D eigenvalue weighted by molar-refractivity contribution is 0.102. The van der Waals surface area contributed by atoms with Gasteiger partial charge in [-0.15, -0.1) is 10.2 Å². The summed E-state index contributed by atoms with van der Waals surface area (Å²) in [6.45, 7) is 3.56. The van der Waals surface area contributed by atoms with E-state index >= 15 is 0 Å². The summed E-state index contributed by atoms with van der Waals surface area (Å²) in [5.41, 5.74) is 0.312. The number of halogens is 2. The molecule has 196 valence electrons. The van der Waals surface area contributed by atoms with Crippen LogP contribution in [-0.4, -0.2) is 30.6 Å². The third-order valence-corrected chi connectivity index (χ3v) is 7.37. The van der Waals surface area contributed by atoms with E-state index in [2.05, 4.69) is 15.5 Å². The van der Waals surface area contributed by atoms with Crippen molar-refractivity contribution in [3.63, 3.8) is 0 Å². The third-order valence-electron chi connectivity index (χ3n) is 5.53. The fourth-order valence-electron chi connectivity index (χ4n) is 3.82. The van der Waals surface area contributed by atoms with Gasteiger partial charge in [-0.25, -0.2) is 0 Å². The van der Waals surface area contributed by atoms with E-state index in [1.165, 1.54) is 25.1 Å². The molecule has 0 fully saturated rings. The number of hydrogen-bond donors (Lipinski definition) is 3. The quantitative estimate of drug-likeness (QED) is 0.155. The second-order valence-electron chi connectivity index (χ2n) is 8.07. The van der Waals surface area contributed by atoms with Crippen molar-refractivity contribution >= 4 is 67.1 Å². The molecule has 4 aromatic carbocycles. The van der Waals surface area contributed by atoms with E-state index in [4.69, 9.17) is 27.9 Å². The van der Waals surface area contributed by atoms with Gasteiger partial charge in [-0.05, 0) is 49.1 Å². The lowest BCUT2D eigenvalue weighted by atomic mass is 10.0. The Morgan fingerprint density at radius 2 is 1.79 bits per heavy atom. The number of phenols is 1. The second kappa shape index (κ2) is 11.0. The van der Waals surface area contributed by atoms with Crippen molar-refractivity contribution in [2.75, 3.05) is 11.9 Å². The molecule has 1 amide bonds. The third kappa shape index (κ3) is 5.44. The van der Waals surface area contributed by atoms with Crippen LogP contribution in [0.5, 0.6) is 11.5 Å². The number of benzene rings is 4. The molecule has 0 bridgehead atoms. The zero-order valence-corrected chi connectivity index (χ0v) is 22.4. The standard InChI is InChI=1S/C26H21Cl2N3O6S/c1-3-37-24-18(27)9-6-10-20(24)29-26(33)17-13-15-7-4-5-8-16(15)22(23(17)32)31-30-19-12-11-14(2)25(21(19)28)38(34,35)36/h4-13,32H,3H2,1-2H3,(H,29,33)(H,34,35,36). The highest BCUT2D eigenvalue weighted by atomic mass is 35.5. The van der Waals surface area contributed by atoms with E-state index < -0.39 is 26.7 Å². The number of anilines is 1. The number of fused-ring (bicyclic) bond motifs is 1. The van der Waals surface area contributed by atoms with Gasteiger partial charge in [0.1, 0.15) is 16.3 Å². The average Bonchev–Trinajstić information content (AvgIpc) is 2.85. The molecule has 0 radical (unpaired) electrons. The van der Waals surface area contributed by atoms with Crippen LogP contribution < -0.4 is 10.1 Å². The Morgan fingerprint density at radius 1 is 1.05 bits per heavy atom. The number of carbonyl (C=O) groups is 1. The summed E-state index contributed by atoms with van der Waals surface area (Å²) in [5.74, 6) is -0.841. The molecule has 38 heavy (non-hydrogen) atoms. The van der Waals surface area contributed by atoms with Gasteiger partial charge in [0.15, 0.2) is 11.5 Å². The number of para-hydroxylation sites is 1. The minimum Gasteiger partial charge on any atom is -0.505 e. The van der Waals surface area contributed by atoms with Crippen LogP contribution in [0.1, 0.15) is 22.8 Å². The average molecular weight is 574 g/mol. The Morgan fingerprint density at radius 3 is 2.50 bits per heavy atom. The molecule has 0 saturated carbocycles. The summed E-state index contributed by atoms with van der Waals surface area (Å²) in [6.07, 6.45) is 0. The van der Waals surface area contributed by atoms with Crippen molar-refractivity contribution in [3.05, 3.63) is 81.8 Å². The maximum atomic E-state index is 13.3. The number of nitrogens with one attached hydrogen (secondary N) is 1. The first-order valence-electron chi connectivity index (χ1n) is 11.2. The summed E-state index contributed by atoms with van der Waals surface area (Å²) in [4.78, 5) is 12.8. The molecule has 4 aromatic rings. The second-order valence-corrected chi connectivity index (χ2v) is 10.2. The first kappa shape index (κ1) is 27.3. The van der Waals surface area contributed by atoms with Crippen LogP contribution in [-0.2, 0) is 10.1 Å². The number of nitrogens with zero attached hydrogens (tertiary/aromatic N) is 2. The monoisotopic (exact) mass is 573 g/mol. The number of hydrogen-bond acceptors (Lipinski definition) is 7. The summed E-state index contributed by atoms with van der Waals surface area (Å²) in [5, 5.41) is 23.0. The normalized spacial score (nSPS) is 11.7. The van der Waals surface area contributed by atoms with Gasteiger partial charge in [0.25, 0.3) is 16.0 Å². The lowest BCUT2D eigenvalue weighted by Gasteiger charge is -2.14. The summed E-state index contributed by atoms with van der Waals surface area (Å²) in [7, 11) is -4.63. The van der Waals surface area contributed by atoms with Crippen molar-refractivity contribution in [1.29, 1.82) is 0 Å². The molecule has 0 aliphatic carbocycles. The Kier molecular flexibility index (Phi) is 7.89.